The first-order valence-corrected chi connectivity index (χ1v) is 5.43. The molecule has 0 saturated heterocycles. The monoisotopic (exact) mass is 250 g/mol. The summed E-state index contributed by atoms with van der Waals surface area (Å²) >= 11 is 0. The Bertz CT molecular complexity index is 492. The highest BCUT2D eigenvalue weighted by Gasteiger charge is 2.09. The number of H-pyrrole nitrogens is 1. The lowest BCUT2D eigenvalue weighted by atomic mass is 10.4. The molecule has 18 heavy (non-hydrogen) atoms. The van der Waals surface area contributed by atoms with Crippen molar-refractivity contribution in [3.63, 3.8) is 0 Å². The number of hydrogen-bond acceptors (Lipinski definition) is 5. The van der Waals surface area contributed by atoms with Gasteiger partial charge in [-0.05, 0) is 0 Å². The van der Waals surface area contributed by atoms with E-state index in [2.05, 4.69) is 25.7 Å². The van der Waals surface area contributed by atoms with Crippen LogP contribution in [0.3, 0.4) is 0 Å². The van der Waals surface area contributed by atoms with Gasteiger partial charge in [0.15, 0.2) is 5.69 Å². The topological polar surface area (TPSA) is 97.7 Å². The SMILES string of the molecule is COCCn1cncc1CNC(=O)c1cn[nH]n1. The van der Waals surface area contributed by atoms with Gasteiger partial charge in [0.2, 0.25) is 0 Å². The van der Waals surface area contributed by atoms with Crippen molar-refractivity contribution in [3.8, 4) is 0 Å². The summed E-state index contributed by atoms with van der Waals surface area (Å²) in [6.45, 7) is 1.68. The van der Waals surface area contributed by atoms with Gasteiger partial charge in [0.05, 0.1) is 31.4 Å². The number of hydrogen-bond donors (Lipinski definition) is 2. The number of nitrogens with zero attached hydrogens (tertiary/aromatic N) is 4. The molecule has 0 atom stereocenters. The van der Waals surface area contributed by atoms with Gasteiger partial charge < -0.3 is 14.6 Å². The second-order valence-corrected chi connectivity index (χ2v) is 3.61. The molecular formula is C10H14N6O2. The van der Waals surface area contributed by atoms with Gasteiger partial charge in [-0.1, -0.05) is 0 Å². The number of aromatic amines is 1. The number of rotatable bonds is 6. The molecule has 2 N–H and O–H groups in total. The molecule has 2 aromatic heterocycles. The normalized spacial score (nSPS) is 10.5. The molecule has 0 radical (unpaired) electrons. The van der Waals surface area contributed by atoms with Gasteiger partial charge in [-0.15, -0.1) is 0 Å². The van der Waals surface area contributed by atoms with Crippen LogP contribution in [0.4, 0.5) is 0 Å². The Labute approximate surface area is 103 Å². The van der Waals surface area contributed by atoms with Crippen LogP contribution >= 0.6 is 0 Å². The van der Waals surface area contributed by atoms with Crippen LogP contribution in [0.5, 0.6) is 0 Å². The molecular weight excluding hydrogens is 236 g/mol. The maximum atomic E-state index is 11.6. The van der Waals surface area contributed by atoms with Gasteiger partial charge in [0, 0.05) is 19.9 Å². The third-order valence-electron chi connectivity index (χ3n) is 2.41. The van der Waals surface area contributed by atoms with Crippen molar-refractivity contribution < 1.29 is 9.53 Å². The molecule has 0 aromatic carbocycles. The Morgan fingerprint density at radius 1 is 1.56 bits per heavy atom. The quantitative estimate of drug-likeness (QED) is 0.725. The molecule has 0 unspecified atom stereocenters. The highest BCUT2D eigenvalue weighted by Crippen LogP contribution is 1.99. The van der Waals surface area contributed by atoms with E-state index in [1.807, 2.05) is 4.57 Å². The number of carbonyl (C=O) groups excluding carboxylic acids is 1. The van der Waals surface area contributed by atoms with Gasteiger partial charge in [-0.25, -0.2) is 4.98 Å². The molecule has 0 saturated carbocycles. The van der Waals surface area contributed by atoms with Gasteiger partial charge in [0.1, 0.15) is 0 Å². The molecule has 2 rings (SSSR count). The fourth-order valence-corrected chi connectivity index (χ4v) is 1.46. The Kier molecular flexibility index (Phi) is 4.02. The summed E-state index contributed by atoms with van der Waals surface area (Å²) in [5.74, 6) is -0.275. The zero-order valence-electron chi connectivity index (χ0n) is 9.96. The molecule has 8 nitrogen and oxygen atoms in total. The van der Waals surface area contributed by atoms with E-state index in [0.717, 1.165) is 5.69 Å². The maximum absolute atomic E-state index is 11.6. The van der Waals surface area contributed by atoms with E-state index in [0.29, 0.717) is 19.7 Å². The van der Waals surface area contributed by atoms with E-state index in [9.17, 15) is 4.79 Å². The summed E-state index contributed by atoms with van der Waals surface area (Å²) in [6.07, 6.45) is 4.78. The standard InChI is InChI=1S/C10H14N6O2/c1-18-3-2-16-7-11-4-8(16)5-12-10(17)9-6-13-15-14-9/h4,6-7H,2-3,5H2,1H3,(H,12,17)(H,13,14,15). The molecule has 2 aromatic rings. The number of ether oxygens (including phenoxy) is 1. The van der Waals surface area contributed by atoms with E-state index in [-0.39, 0.29) is 11.6 Å². The zero-order valence-corrected chi connectivity index (χ0v) is 9.96. The van der Waals surface area contributed by atoms with Crippen molar-refractivity contribution in [1.29, 1.82) is 0 Å². The third-order valence-corrected chi connectivity index (χ3v) is 2.41. The van der Waals surface area contributed by atoms with E-state index < -0.39 is 0 Å². The smallest absolute Gasteiger partial charge is 0.273 e. The largest absolute Gasteiger partial charge is 0.383 e. The van der Waals surface area contributed by atoms with E-state index >= 15 is 0 Å². The van der Waals surface area contributed by atoms with Crippen molar-refractivity contribution in [2.24, 2.45) is 0 Å². The van der Waals surface area contributed by atoms with Crippen molar-refractivity contribution in [2.75, 3.05) is 13.7 Å². The van der Waals surface area contributed by atoms with Gasteiger partial charge in [0.25, 0.3) is 5.91 Å². The zero-order chi connectivity index (χ0) is 12.8. The summed E-state index contributed by atoms with van der Waals surface area (Å²) in [7, 11) is 1.64. The number of imidazole rings is 1. The van der Waals surface area contributed by atoms with Crippen molar-refractivity contribution >= 4 is 5.91 Å². The number of nitrogens with one attached hydrogen (secondary N) is 2. The number of aromatic nitrogens is 5. The molecule has 0 spiro atoms. The van der Waals surface area contributed by atoms with Crippen LogP contribution in [0, 0.1) is 0 Å². The molecule has 0 bridgehead atoms. The Hall–Kier alpha value is -2.22. The molecule has 2 heterocycles. The lowest BCUT2D eigenvalue weighted by Crippen LogP contribution is -2.24. The number of carbonyl (C=O) groups is 1. The van der Waals surface area contributed by atoms with Gasteiger partial charge in [-0.2, -0.15) is 15.4 Å². The van der Waals surface area contributed by atoms with Crippen LogP contribution in [-0.2, 0) is 17.8 Å². The summed E-state index contributed by atoms with van der Waals surface area (Å²) in [5, 5.41) is 12.4. The third kappa shape index (κ3) is 2.92. The number of amides is 1. The molecule has 96 valence electrons. The first kappa shape index (κ1) is 12.2. The van der Waals surface area contributed by atoms with Crippen LogP contribution in [0.15, 0.2) is 18.7 Å². The second-order valence-electron chi connectivity index (χ2n) is 3.61. The Balaban J connectivity index is 1.90. The fourth-order valence-electron chi connectivity index (χ4n) is 1.46. The minimum Gasteiger partial charge on any atom is -0.383 e. The Morgan fingerprint density at radius 2 is 2.44 bits per heavy atom. The molecule has 0 aliphatic rings. The predicted octanol–water partition coefficient (Wildman–Crippen LogP) is -0.422. The van der Waals surface area contributed by atoms with E-state index in [1.54, 1.807) is 19.6 Å². The highest BCUT2D eigenvalue weighted by atomic mass is 16.5. The first-order chi connectivity index (χ1) is 8.81. The molecule has 1 amide bonds. The Morgan fingerprint density at radius 3 is 3.17 bits per heavy atom. The summed E-state index contributed by atoms with van der Waals surface area (Å²) in [5.41, 5.74) is 1.17. The molecule has 0 aliphatic heterocycles. The van der Waals surface area contributed by atoms with Crippen LogP contribution < -0.4 is 5.32 Å². The number of methoxy groups -OCH3 is 1. The average molecular weight is 250 g/mol. The first-order valence-electron chi connectivity index (χ1n) is 5.43. The van der Waals surface area contributed by atoms with Crippen LogP contribution in [0.25, 0.3) is 0 Å². The maximum Gasteiger partial charge on any atom is 0.273 e. The molecule has 0 fully saturated rings. The van der Waals surface area contributed by atoms with Crippen LogP contribution in [0.1, 0.15) is 16.2 Å². The highest BCUT2D eigenvalue weighted by molar-refractivity contribution is 5.91. The summed E-state index contributed by atoms with van der Waals surface area (Å²) in [4.78, 5) is 15.7. The minimum absolute atomic E-state index is 0.262. The molecule has 0 aliphatic carbocycles. The van der Waals surface area contributed by atoms with Crippen molar-refractivity contribution in [1.82, 2.24) is 30.3 Å². The van der Waals surface area contributed by atoms with Crippen LogP contribution in [-0.4, -0.2) is 44.6 Å². The van der Waals surface area contributed by atoms with Crippen molar-refractivity contribution in [3.05, 3.63) is 30.1 Å². The predicted molar refractivity (Wildman–Crippen MR) is 61.7 cm³/mol. The minimum atomic E-state index is -0.275. The lowest BCUT2D eigenvalue weighted by Gasteiger charge is -2.07. The lowest BCUT2D eigenvalue weighted by molar-refractivity contribution is 0.0945. The summed E-state index contributed by atoms with van der Waals surface area (Å²) < 4.78 is 6.92. The van der Waals surface area contributed by atoms with Crippen molar-refractivity contribution in [2.45, 2.75) is 13.1 Å². The fraction of sp³-hybridized carbons (Fsp3) is 0.400. The van der Waals surface area contributed by atoms with Gasteiger partial charge >= 0.3 is 0 Å². The van der Waals surface area contributed by atoms with E-state index in [1.165, 1.54) is 6.20 Å². The summed E-state index contributed by atoms with van der Waals surface area (Å²) in [6, 6.07) is 0. The van der Waals surface area contributed by atoms with Gasteiger partial charge in [-0.3, -0.25) is 4.79 Å². The van der Waals surface area contributed by atoms with E-state index in [4.69, 9.17) is 4.74 Å². The second kappa shape index (κ2) is 5.92. The van der Waals surface area contributed by atoms with Crippen LogP contribution in [0.2, 0.25) is 0 Å². The average Bonchev–Trinajstić information content (AvgIpc) is 3.04. The molecule has 8 heteroatoms.